The summed E-state index contributed by atoms with van der Waals surface area (Å²) in [6.45, 7) is 0. The number of carboxylic acid groups (broad SMARTS) is 1. The van der Waals surface area contributed by atoms with Crippen molar-refractivity contribution >= 4 is 52.2 Å². The number of thioether (sulfide) groups is 1. The summed E-state index contributed by atoms with van der Waals surface area (Å²) in [5.41, 5.74) is 5.80. The van der Waals surface area contributed by atoms with Crippen LogP contribution in [0.3, 0.4) is 0 Å². The van der Waals surface area contributed by atoms with E-state index in [9.17, 15) is 19.5 Å². The van der Waals surface area contributed by atoms with Gasteiger partial charge in [0.25, 0.3) is 5.91 Å². The van der Waals surface area contributed by atoms with Crippen molar-refractivity contribution in [2.45, 2.75) is 12.5 Å². The Labute approximate surface area is 136 Å². The molecule has 1 heterocycles. The van der Waals surface area contributed by atoms with Gasteiger partial charge in [-0.05, 0) is 11.6 Å². The Morgan fingerprint density at radius 2 is 2.00 bits per heavy atom. The summed E-state index contributed by atoms with van der Waals surface area (Å²) in [5, 5.41) is 11.2. The fourth-order valence-electron chi connectivity index (χ4n) is 1.92. The van der Waals surface area contributed by atoms with Crippen molar-refractivity contribution in [3.63, 3.8) is 0 Å². The predicted molar refractivity (Wildman–Crippen MR) is 84.1 cm³/mol. The third kappa shape index (κ3) is 3.52. The van der Waals surface area contributed by atoms with Crippen LogP contribution in [0, 0.1) is 0 Å². The zero-order valence-electron chi connectivity index (χ0n) is 11.2. The molecule has 114 valence electrons. The van der Waals surface area contributed by atoms with Gasteiger partial charge in [-0.3, -0.25) is 14.5 Å². The average Bonchev–Trinajstić information content (AvgIpc) is 2.72. The SMILES string of the molecule is NC(=O)C[C@@H](C(=O)[O-])N1C(=O)/C(=C\c2ccccc2)SC1=S. The summed E-state index contributed by atoms with van der Waals surface area (Å²) in [6.07, 6.45) is 1.06. The third-order valence-corrected chi connectivity index (χ3v) is 4.23. The fraction of sp³-hybridized carbons (Fsp3) is 0.143. The largest absolute Gasteiger partial charge is 0.548 e. The molecule has 0 aromatic heterocycles. The summed E-state index contributed by atoms with van der Waals surface area (Å²) < 4.78 is 0.0580. The summed E-state index contributed by atoms with van der Waals surface area (Å²) in [6, 6.07) is 7.55. The van der Waals surface area contributed by atoms with Gasteiger partial charge >= 0.3 is 0 Å². The minimum absolute atomic E-state index is 0.0580. The summed E-state index contributed by atoms with van der Waals surface area (Å²) in [5.74, 6) is -3.00. The number of hydrogen-bond donors (Lipinski definition) is 1. The van der Waals surface area contributed by atoms with E-state index in [4.69, 9.17) is 18.0 Å². The minimum atomic E-state index is -1.57. The highest BCUT2D eigenvalue weighted by Gasteiger charge is 2.38. The van der Waals surface area contributed by atoms with Crippen LogP contribution in [0.5, 0.6) is 0 Å². The second kappa shape index (κ2) is 6.71. The molecule has 0 spiro atoms. The van der Waals surface area contributed by atoms with Crippen LogP contribution in [-0.2, 0) is 14.4 Å². The van der Waals surface area contributed by atoms with Crippen LogP contribution >= 0.6 is 24.0 Å². The maximum Gasteiger partial charge on any atom is 0.266 e. The van der Waals surface area contributed by atoms with Crippen LogP contribution < -0.4 is 10.8 Å². The molecule has 0 unspecified atom stereocenters. The molecule has 2 rings (SSSR count). The van der Waals surface area contributed by atoms with Gasteiger partial charge in [0.15, 0.2) is 0 Å². The minimum Gasteiger partial charge on any atom is -0.548 e. The van der Waals surface area contributed by atoms with E-state index < -0.39 is 30.2 Å². The molecule has 1 aromatic rings. The highest BCUT2D eigenvalue weighted by Crippen LogP contribution is 2.34. The van der Waals surface area contributed by atoms with Gasteiger partial charge in [-0.1, -0.05) is 54.3 Å². The highest BCUT2D eigenvalue weighted by atomic mass is 32.2. The number of carboxylic acids is 1. The number of aliphatic carboxylic acids is 1. The average molecular weight is 335 g/mol. The summed E-state index contributed by atoms with van der Waals surface area (Å²) in [7, 11) is 0. The molecule has 1 aliphatic heterocycles. The first-order valence-corrected chi connectivity index (χ1v) is 7.44. The van der Waals surface area contributed by atoms with Gasteiger partial charge in [0, 0.05) is 0 Å². The molecule has 6 nitrogen and oxygen atoms in total. The van der Waals surface area contributed by atoms with Crippen molar-refractivity contribution in [2.75, 3.05) is 0 Å². The molecule has 1 aromatic carbocycles. The number of carbonyl (C=O) groups is 3. The Hall–Kier alpha value is -2.19. The Morgan fingerprint density at radius 3 is 2.55 bits per heavy atom. The molecular formula is C14H11N2O4S2-. The number of hydrogen-bond acceptors (Lipinski definition) is 6. The first-order chi connectivity index (χ1) is 10.4. The van der Waals surface area contributed by atoms with E-state index in [1.807, 2.05) is 18.2 Å². The number of rotatable bonds is 5. The second-order valence-electron chi connectivity index (χ2n) is 4.47. The molecule has 0 saturated carbocycles. The van der Waals surface area contributed by atoms with Gasteiger partial charge in [-0.25, -0.2) is 0 Å². The lowest BCUT2D eigenvalue weighted by atomic mass is 10.1. The second-order valence-corrected chi connectivity index (χ2v) is 6.14. The molecular weight excluding hydrogens is 324 g/mol. The summed E-state index contributed by atoms with van der Waals surface area (Å²) in [4.78, 5) is 35.7. The third-order valence-electron chi connectivity index (χ3n) is 2.90. The van der Waals surface area contributed by atoms with Gasteiger partial charge in [-0.15, -0.1) is 0 Å². The monoisotopic (exact) mass is 335 g/mol. The summed E-state index contributed by atoms with van der Waals surface area (Å²) >= 11 is 6.02. The molecule has 1 atom stereocenters. The maximum atomic E-state index is 12.4. The molecule has 0 radical (unpaired) electrons. The van der Waals surface area contributed by atoms with E-state index >= 15 is 0 Å². The van der Waals surface area contributed by atoms with E-state index in [2.05, 4.69) is 0 Å². The van der Waals surface area contributed by atoms with Crippen LogP contribution in [0.2, 0.25) is 0 Å². The lowest BCUT2D eigenvalue weighted by molar-refractivity contribution is -0.310. The molecule has 22 heavy (non-hydrogen) atoms. The van der Waals surface area contributed by atoms with Gasteiger partial charge in [0.05, 0.1) is 23.3 Å². The van der Waals surface area contributed by atoms with E-state index in [1.165, 1.54) is 0 Å². The fourth-order valence-corrected chi connectivity index (χ4v) is 3.28. The smallest absolute Gasteiger partial charge is 0.266 e. The lowest BCUT2D eigenvalue weighted by Crippen LogP contribution is -2.51. The van der Waals surface area contributed by atoms with E-state index in [-0.39, 0.29) is 9.23 Å². The number of benzene rings is 1. The molecule has 1 saturated heterocycles. The van der Waals surface area contributed by atoms with Gasteiger partial charge in [0.2, 0.25) is 5.91 Å². The molecule has 1 aliphatic rings. The lowest BCUT2D eigenvalue weighted by Gasteiger charge is -2.26. The van der Waals surface area contributed by atoms with Crippen LogP contribution in [0.4, 0.5) is 0 Å². The van der Waals surface area contributed by atoms with Gasteiger partial charge in [0.1, 0.15) is 4.32 Å². The first kappa shape index (κ1) is 16.2. The van der Waals surface area contributed by atoms with Crippen molar-refractivity contribution in [2.24, 2.45) is 5.73 Å². The Balaban J connectivity index is 2.30. The van der Waals surface area contributed by atoms with Crippen molar-refractivity contribution in [3.05, 3.63) is 40.8 Å². The number of nitrogens with two attached hydrogens (primary N) is 1. The number of carbonyl (C=O) groups excluding carboxylic acids is 3. The zero-order chi connectivity index (χ0) is 16.3. The van der Waals surface area contributed by atoms with Crippen LogP contribution in [-0.4, -0.2) is 33.0 Å². The Bertz CT molecular complexity index is 673. The molecule has 1 fully saturated rings. The molecule has 2 N–H and O–H groups in total. The topological polar surface area (TPSA) is 104 Å². The highest BCUT2D eigenvalue weighted by molar-refractivity contribution is 8.26. The standard InChI is InChI=1S/C14H12N2O4S2/c15-11(17)7-9(13(19)20)16-12(18)10(22-14(16)21)6-8-4-2-1-3-5-8/h1-6,9H,7H2,(H2,15,17)(H,19,20)/p-1/b10-6+/t9-/m0/s1. The van der Waals surface area contributed by atoms with E-state index in [0.29, 0.717) is 0 Å². The van der Waals surface area contributed by atoms with E-state index in [0.717, 1.165) is 22.2 Å². The number of thiocarbonyl (C=S) groups is 1. The molecule has 0 bridgehead atoms. The van der Waals surface area contributed by atoms with Crippen molar-refractivity contribution in [3.8, 4) is 0 Å². The van der Waals surface area contributed by atoms with Crippen LogP contribution in [0.25, 0.3) is 6.08 Å². The number of primary amides is 1. The molecule has 2 amide bonds. The van der Waals surface area contributed by atoms with Crippen molar-refractivity contribution in [1.82, 2.24) is 4.90 Å². The van der Waals surface area contributed by atoms with Crippen molar-refractivity contribution in [1.29, 1.82) is 0 Å². The molecule has 8 heteroatoms. The number of amides is 2. The normalized spacial score (nSPS) is 17.8. The Morgan fingerprint density at radius 1 is 1.36 bits per heavy atom. The number of nitrogens with zero attached hydrogens (tertiary/aromatic N) is 1. The van der Waals surface area contributed by atoms with Crippen LogP contribution in [0.15, 0.2) is 35.2 Å². The Kier molecular flexibility index (Phi) is 4.94. The zero-order valence-corrected chi connectivity index (χ0v) is 12.9. The van der Waals surface area contributed by atoms with E-state index in [1.54, 1.807) is 18.2 Å². The molecule has 0 aliphatic carbocycles. The van der Waals surface area contributed by atoms with Crippen molar-refractivity contribution < 1.29 is 19.5 Å². The van der Waals surface area contributed by atoms with Crippen LogP contribution in [0.1, 0.15) is 12.0 Å². The van der Waals surface area contributed by atoms with Gasteiger partial charge < -0.3 is 15.6 Å². The predicted octanol–water partition coefficient (Wildman–Crippen LogP) is -0.118. The quantitative estimate of drug-likeness (QED) is 0.594. The van der Waals surface area contributed by atoms with Gasteiger partial charge in [-0.2, -0.15) is 0 Å². The first-order valence-electron chi connectivity index (χ1n) is 6.21. The maximum absolute atomic E-state index is 12.4.